The Bertz CT molecular complexity index is 628. The van der Waals surface area contributed by atoms with Gasteiger partial charge in [-0.2, -0.15) is 92.2 Å². The van der Waals surface area contributed by atoms with Crippen LogP contribution in [-0.4, -0.2) is 59.5 Å². The predicted octanol–water partition coefficient (Wildman–Crippen LogP) is 7.10. The highest BCUT2D eigenvalue weighted by Gasteiger charge is 2.97. The molecule has 0 saturated heterocycles. The maximum absolute atomic E-state index is 13.2. The van der Waals surface area contributed by atoms with Gasteiger partial charge < -0.3 is 0 Å². The van der Waals surface area contributed by atoms with Gasteiger partial charge >= 0.3 is 59.5 Å². The average molecular weight is 533 g/mol. The van der Waals surface area contributed by atoms with E-state index < -0.39 is 59.5 Å². The lowest BCUT2D eigenvalue weighted by atomic mass is 9.86. The summed E-state index contributed by atoms with van der Waals surface area (Å²) in [5.41, 5.74) is 0. The van der Waals surface area contributed by atoms with Crippen LogP contribution in [-0.2, 0) is 0 Å². The van der Waals surface area contributed by atoms with Crippen molar-refractivity contribution in [2.24, 2.45) is 0 Å². The molecule has 1 radical (unpaired) electrons. The van der Waals surface area contributed by atoms with Gasteiger partial charge in [-0.25, -0.2) is 0 Å². The average Bonchev–Trinajstić information content (AvgIpc) is 2.51. The zero-order valence-electron chi connectivity index (χ0n) is 13.6. The molecule has 0 bridgehead atoms. The van der Waals surface area contributed by atoms with E-state index in [-0.39, 0.29) is 0 Å². The van der Waals surface area contributed by atoms with E-state index >= 15 is 0 Å². The van der Waals surface area contributed by atoms with E-state index in [0.717, 1.165) is 6.92 Å². The first-order chi connectivity index (χ1) is 13.2. The van der Waals surface area contributed by atoms with Crippen LogP contribution in [0.15, 0.2) is 0 Å². The molecule has 0 aliphatic carbocycles. The van der Waals surface area contributed by atoms with Gasteiger partial charge in [-0.05, 0) is 0 Å². The number of alkyl halides is 21. The van der Waals surface area contributed by atoms with E-state index in [9.17, 15) is 92.2 Å². The highest BCUT2D eigenvalue weighted by atomic mass is 19.4. The molecule has 0 atom stereocenters. The van der Waals surface area contributed by atoms with Crippen molar-refractivity contribution in [3.8, 4) is 0 Å². The van der Waals surface area contributed by atoms with Crippen LogP contribution in [0, 0.1) is 6.92 Å². The van der Waals surface area contributed by atoms with Crippen LogP contribution in [0.4, 0.5) is 92.2 Å². The molecular formula is C11H2F21. The Hall–Kier alpha value is -1.47. The Kier molecular flexibility index (Phi) is 6.69. The van der Waals surface area contributed by atoms with Gasteiger partial charge in [0.2, 0.25) is 0 Å². The molecular weight excluding hydrogens is 531 g/mol. The van der Waals surface area contributed by atoms with E-state index in [1.165, 1.54) is 0 Å². The van der Waals surface area contributed by atoms with Crippen LogP contribution >= 0.6 is 0 Å². The summed E-state index contributed by atoms with van der Waals surface area (Å²) in [7, 11) is 0. The number of hydrogen-bond acceptors (Lipinski definition) is 0. The molecule has 0 heterocycles. The van der Waals surface area contributed by atoms with Gasteiger partial charge in [0.25, 0.3) is 0 Å². The molecule has 0 aliphatic rings. The first-order valence-electron chi connectivity index (χ1n) is 6.57. The first-order valence-corrected chi connectivity index (χ1v) is 6.57. The third-order valence-electron chi connectivity index (χ3n) is 3.58. The zero-order valence-corrected chi connectivity index (χ0v) is 13.6. The van der Waals surface area contributed by atoms with Crippen molar-refractivity contribution in [3.05, 3.63) is 6.92 Å². The van der Waals surface area contributed by atoms with Crippen molar-refractivity contribution >= 4 is 0 Å². The Labute approximate surface area is 160 Å². The summed E-state index contributed by atoms with van der Waals surface area (Å²) in [5.74, 6) is -76.8. The topological polar surface area (TPSA) is 0 Å². The number of halogens is 21. The van der Waals surface area contributed by atoms with Crippen molar-refractivity contribution in [3.63, 3.8) is 0 Å². The second-order valence-electron chi connectivity index (χ2n) is 5.80. The van der Waals surface area contributed by atoms with Gasteiger partial charge in [-0.1, -0.05) is 0 Å². The van der Waals surface area contributed by atoms with Gasteiger partial charge in [0.05, 0.1) is 0 Å². The molecule has 21 heteroatoms. The lowest BCUT2D eigenvalue weighted by Gasteiger charge is -2.44. The Balaban J connectivity index is 7.00. The minimum absolute atomic E-state index is 0.792. The molecule has 0 unspecified atom stereocenters. The smallest absolute Gasteiger partial charge is 0.200 e. The molecule has 0 N–H and O–H groups in total. The van der Waals surface area contributed by atoms with Gasteiger partial charge in [0.1, 0.15) is 0 Å². The van der Waals surface area contributed by atoms with E-state index in [1.54, 1.807) is 0 Å². The number of hydrogen-bond donors (Lipinski definition) is 0. The summed E-state index contributed by atoms with van der Waals surface area (Å²) < 4.78 is 267. The molecule has 0 aromatic heterocycles. The quantitative estimate of drug-likeness (QED) is 0.292. The van der Waals surface area contributed by atoms with Crippen molar-refractivity contribution in [1.82, 2.24) is 0 Å². The molecule has 0 nitrogen and oxygen atoms in total. The summed E-state index contributed by atoms with van der Waals surface area (Å²) in [6.07, 6.45) is -7.99. The van der Waals surface area contributed by atoms with Crippen molar-refractivity contribution in [2.45, 2.75) is 59.5 Å². The molecule has 0 amide bonds. The zero-order chi connectivity index (χ0) is 27.0. The third kappa shape index (κ3) is 3.42. The fourth-order valence-electron chi connectivity index (χ4n) is 1.59. The Morgan fingerprint density at radius 3 is 0.562 bits per heavy atom. The normalized spacial score (nSPS) is 17.1. The number of rotatable bonds is 8. The molecule has 0 aromatic carbocycles. The van der Waals surface area contributed by atoms with E-state index in [4.69, 9.17) is 0 Å². The summed E-state index contributed by atoms with van der Waals surface area (Å²) >= 11 is 0. The predicted molar refractivity (Wildman–Crippen MR) is 55.9 cm³/mol. The molecule has 0 aliphatic heterocycles. The minimum atomic E-state index is -9.14. The molecule has 0 saturated carbocycles. The minimum Gasteiger partial charge on any atom is -0.200 e. The van der Waals surface area contributed by atoms with E-state index in [2.05, 4.69) is 0 Å². The second-order valence-corrected chi connectivity index (χ2v) is 5.80. The highest BCUT2D eigenvalue weighted by Crippen LogP contribution is 2.66. The standard InChI is InChI=1S/C11H2F21/c1-2(12,13)3(14,15)4(16,17)5(18,19)6(20,21)7(22,23)8(24,25)9(26,27)10(28,29)11(30,31)32/h1H2. The van der Waals surface area contributed by atoms with Crippen LogP contribution in [0.1, 0.15) is 0 Å². The second kappa shape index (κ2) is 7.02. The molecule has 0 aromatic rings. The monoisotopic (exact) mass is 533 g/mol. The van der Waals surface area contributed by atoms with Gasteiger partial charge in [-0.15, -0.1) is 0 Å². The fraction of sp³-hybridized carbons (Fsp3) is 0.909. The lowest BCUT2D eigenvalue weighted by molar-refractivity contribution is -0.473. The summed E-state index contributed by atoms with van der Waals surface area (Å²) in [5, 5.41) is 0. The SMILES string of the molecule is [CH2]C(F)(F)C(F)(F)C(F)(F)C(F)(F)C(F)(F)C(F)(F)C(F)(F)C(F)(F)C(F)(F)C(F)(F)F. The van der Waals surface area contributed by atoms with Gasteiger partial charge in [0, 0.05) is 6.92 Å². The van der Waals surface area contributed by atoms with Crippen molar-refractivity contribution in [1.29, 1.82) is 0 Å². The molecule has 0 fully saturated rings. The Morgan fingerprint density at radius 1 is 0.250 bits per heavy atom. The third-order valence-corrected chi connectivity index (χ3v) is 3.58. The van der Waals surface area contributed by atoms with E-state index in [0.29, 0.717) is 0 Å². The van der Waals surface area contributed by atoms with Crippen LogP contribution < -0.4 is 0 Å². The summed E-state index contributed by atoms with van der Waals surface area (Å²) in [4.78, 5) is 0. The van der Waals surface area contributed by atoms with Crippen LogP contribution in [0.2, 0.25) is 0 Å². The molecule has 0 spiro atoms. The fourth-order valence-corrected chi connectivity index (χ4v) is 1.59. The Morgan fingerprint density at radius 2 is 0.406 bits per heavy atom. The molecule has 193 valence electrons. The van der Waals surface area contributed by atoms with Crippen LogP contribution in [0.3, 0.4) is 0 Å². The van der Waals surface area contributed by atoms with E-state index in [1.807, 2.05) is 0 Å². The summed E-state index contributed by atoms with van der Waals surface area (Å²) in [6.45, 7) is 0.792. The maximum Gasteiger partial charge on any atom is 0.460 e. The highest BCUT2D eigenvalue weighted by molar-refractivity contribution is 5.18. The van der Waals surface area contributed by atoms with Crippen LogP contribution in [0.25, 0.3) is 0 Å². The lowest BCUT2D eigenvalue weighted by Crippen LogP contribution is -2.76. The molecule has 0 rings (SSSR count). The first kappa shape index (κ1) is 30.5. The molecule has 32 heavy (non-hydrogen) atoms. The largest absolute Gasteiger partial charge is 0.460 e. The van der Waals surface area contributed by atoms with Crippen molar-refractivity contribution in [2.75, 3.05) is 0 Å². The summed E-state index contributed by atoms with van der Waals surface area (Å²) in [6, 6.07) is 0. The van der Waals surface area contributed by atoms with Crippen LogP contribution in [0.5, 0.6) is 0 Å². The van der Waals surface area contributed by atoms with Crippen molar-refractivity contribution < 1.29 is 92.2 Å². The van der Waals surface area contributed by atoms with Gasteiger partial charge in [-0.3, -0.25) is 0 Å². The van der Waals surface area contributed by atoms with Gasteiger partial charge in [0.15, 0.2) is 0 Å². The maximum atomic E-state index is 13.2.